The number of nitrogens with two attached hydrogens (primary N) is 2. The Hall–Kier alpha value is -3.80. The molecule has 0 heterocycles. The molecule has 0 aliphatic carbocycles. The van der Waals surface area contributed by atoms with Crippen LogP contribution in [0, 0.1) is 10.8 Å². The molecule has 0 aliphatic heterocycles. The summed E-state index contributed by atoms with van der Waals surface area (Å²) in [7, 11) is 0. The lowest BCUT2D eigenvalue weighted by Gasteiger charge is -2.10. The largest absolute Gasteiger partial charge is 0.489 e. The molecule has 0 saturated carbocycles. The van der Waals surface area contributed by atoms with Crippen molar-refractivity contribution < 1.29 is 9.84 Å². The van der Waals surface area contributed by atoms with E-state index in [0.29, 0.717) is 16.9 Å². The number of ether oxygens (including phenoxy) is 1. The Morgan fingerprint density at radius 3 is 1.89 bits per heavy atom. The van der Waals surface area contributed by atoms with Crippen molar-refractivity contribution in [2.24, 2.45) is 11.5 Å². The number of benzene rings is 3. The molecule has 0 aromatic heterocycles. The van der Waals surface area contributed by atoms with Gasteiger partial charge >= 0.3 is 0 Å². The highest BCUT2D eigenvalue weighted by atomic mass is 16.5. The quantitative estimate of drug-likeness (QED) is 0.396. The lowest BCUT2D eigenvalue weighted by Crippen LogP contribution is -2.10. The first-order chi connectivity index (χ1) is 12.9. The summed E-state index contributed by atoms with van der Waals surface area (Å²) in [4.78, 5) is 0. The van der Waals surface area contributed by atoms with Crippen LogP contribution in [0.15, 0.2) is 66.7 Å². The van der Waals surface area contributed by atoms with Crippen molar-refractivity contribution in [3.05, 3.63) is 83.4 Å². The topological polar surface area (TPSA) is 129 Å². The van der Waals surface area contributed by atoms with Crippen molar-refractivity contribution in [2.75, 3.05) is 0 Å². The minimum absolute atomic E-state index is 0.000962. The number of nitrogen functional groups attached to an aromatic ring is 2. The van der Waals surface area contributed by atoms with Crippen LogP contribution in [0.5, 0.6) is 11.5 Å². The minimum Gasteiger partial charge on any atom is -0.489 e. The number of rotatable bonds is 6. The van der Waals surface area contributed by atoms with Crippen LogP contribution in [0.4, 0.5) is 0 Å². The van der Waals surface area contributed by atoms with Gasteiger partial charge in [0.25, 0.3) is 0 Å². The van der Waals surface area contributed by atoms with E-state index in [-0.39, 0.29) is 24.0 Å². The molecule has 0 amide bonds. The van der Waals surface area contributed by atoms with E-state index in [1.165, 1.54) is 6.07 Å². The molecule has 0 atom stereocenters. The third kappa shape index (κ3) is 4.43. The molecular formula is C21H19N4O2. The lowest BCUT2D eigenvalue weighted by molar-refractivity contribution is 0.303. The molecule has 6 heteroatoms. The summed E-state index contributed by atoms with van der Waals surface area (Å²) in [6.45, 7) is 0.244. The standard InChI is InChI=1S/C21H19N4O2/c22-20(23)15-3-1-14(2-4-15)17-9-13(10-18(26)11-17)12-27-19-7-5-16(6-8-19)21(24)25/h1-11H,12H2,(H3,22,23)(H3,24,25). The van der Waals surface area contributed by atoms with E-state index in [1.807, 2.05) is 18.2 Å². The maximum absolute atomic E-state index is 12.0. The van der Waals surface area contributed by atoms with Gasteiger partial charge in [0.05, 0.1) is 0 Å². The Morgan fingerprint density at radius 1 is 0.778 bits per heavy atom. The number of hydrogen-bond acceptors (Lipinski definition) is 3. The van der Waals surface area contributed by atoms with Crippen molar-refractivity contribution in [1.29, 1.82) is 10.8 Å². The molecule has 6 N–H and O–H groups in total. The monoisotopic (exact) mass is 359 g/mol. The minimum atomic E-state index is -0.103. The first-order valence-electron chi connectivity index (χ1n) is 8.25. The van der Waals surface area contributed by atoms with E-state index in [9.17, 15) is 5.11 Å². The fourth-order valence-electron chi connectivity index (χ4n) is 2.65. The van der Waals surface area contributed by atoms with Crippen LogP contribution < -0.4 is 16.2 Å². The zero-order valence-corrected chi connectivity index (χ0v) is 14.5. The van der Waals surface area contributed by atoms with Crippen molar-refractivity contribution in [3.8, 4) is 22.6 Å². The van der Waals surface area contributed by atoms with Gasteiger partial charge in [-0.15, -0.1) is 0 Å². The molecule has 0 bridgehead atoms. The van der Waals surface area contributed by atoms with Gasteiger partial charge in [0.1, 0.15) is 24.0 Å². The Labute approximate surface area is 157 Å². The summed E-state index contributed by atoms with van der Waals surface area (Å²) in [6, 6.07) is 19.1. The highest BCUT2D eigenvalue weighted by Gasteiger charge is 2.06. The normalized spacial score (nSPS) is 10.4. The third-order valence-electron chi connectivity index (χ3n) is 4.07. The van der Waals surface area contributed by atoms with E-state index in [0.717, 1.165) is 16.7 Å². The first kappa shape index (κ1) is 18.0. The van der Waals surface area contributed by atoms with Crippen LogP contribution in [-0.2, 0) is 11.7 Å². The van der Waals surface area contributed by atoms with Gasteiger partial charge in [0.2, 0.25) is 0 Å². The number of nitrogens with one attached hydrogen (secondary N) is 2. The van der Waals surface area contributed by atoms with Crippen molar-refractivity contribution in [1.82, 2.24) is 0 Å². The summed E-state index contributed by atoms with van der Waals surface area (Å²) in [5.41, 5.74) is 14.6. The summed E-state index contributed by atoms with van der Waals surface area (Å²) >= 11 is 0. The molecule has 0 fully saturated rings. The maximum Gasteiger partial charge on any atom is 0.179 e. The van der Waals surface area contributed by atoms with Crippen molar-refractivity contribution >= 4 is 11.7 Å². The van der Waals surface area contributed by atoms with Crippen LogP contribution in [0.2, 0.25) is 0 Å². The van der Waals surface area contributed by atoms with Crippen LogP contribution in [0.3, 0.4) is 0 Å². The molecule has 6 nitrogen and oxygen atoms in total. The Bertz CT molecular complexity index is 980. The molecule has 3 aromatic carbocycles. The number of hydrogen-bond donors (Lipinski definition) is 4. The Kier molecular flexibility index (Phi) is 5.08. The summed E-state index contributed by atoms with van der Waals surface area (Å²) in [5.74, 6) is 0.530. The van der Waals surface area contributed by atoms with E-state index < -0.39 is 0 Å². The van der Waals surface area contributed by atoms with Gasteiger partial charge in [-0.05, 0) is 59.2 Å². The van der Waals surface area contributed by atoms with E-state index in [1.54, 1.807) is 42.5 Å². The first-order valence-corrected chi connectivity index (χ1v) is 8.25. The average Bonchev–Trinajstić information content (AvgIpc) is 2.66. The highest BCUT2D eigenvalue weighted by molar-refractivity contribution is 5.95. The van der Waals surface area contributed by atoms with Gasteiger partial charge in [-0.1, -0.05) is 24.3 Å². The van der Waals surface area contributed by atoms with Gasteiger partial charge in [-0.3, -0.25) is 15.9 Å². The second-order valence-corrected chi connectivity index (χ2v) is 6.08. The molecule has 0 spiro atoms. The lowest BCUT2D eigenvalue weighted by atomic mass is 10.0. The summed E-state index contributed by atoms with van der Waals surface area (Å²) in [6.07, 6.45) is 0. The predicted octanol–water partition coefficient (Wildman–Crippen LogP) is 3.64. The molecule has 0 aliphatic rings. The van der Waals surface area contributed by atoms with Crippen LogP contribution in [-0.4, -0.2) is 11.7 Å². The smallest absolute Gasteiger partial charge is 0.179 e. The van der Waals surface area contributed by atoms with Crippen molar-refractivity contribution in [3.63, 3.8) is 0 Å². The van der Waals surface area contributed by atoms with Crippen LogP contribution in [0.1, 0.15) is 16.7 Å². The van der Waals surface area contributed by atoms with E-state index in [2.05, 4.69) is 0 Å². The SMILES string of the molecule is N=C(N)c1ccc(OCc2cc([O])cc(-c3ccc(C(=N)N)cc3)c2)cc1. The van der Waals surface area contributed by atoms with Gasteiger partial charge in [-0.25, -0.2) is 0 Å². The molecular weight excluding hydrogens is 340 g/mol. The van der Waals surface area contributed by atoms with Gasteiger partial charge in [-0.2, -0.15) is 0 Å². The van der Waals surface area contributed by atoms with Crippen molar-refractivity contribution in [2.45, 2.75) is 6.61 Å². The molecule has 1 radical (unpaired) electrons. The fraction of sp³-hybridized carbons (Fsp3) is 0.0476. The molecule has 3 aromatic rings. The molecule has 0 unspecified atom stereocenters. The second kappa shape index (κ2) is 7.61. The molecule has 3 rings (SSSR count). The zero-order chi connectivity index (χ0) is 19.4. The predicted molar refractivity (Wildman–Crippen MR) is 105 cm³/mol. The summed E-state index contributed by atoms with van der Waals surface area (Å²) in [5, 5.41) is 26.9. The third-order valence-corrected chi connectivity index (χ3v) is 4.07. The Balaban J connectivity index is 1.76. The van der Waals surface area contributed by atoms with Crippen LogP contribution >= 0.6 is 0 Å². The maximum atomic E-state index is 12.0. The summed E-state index contributed by atoms with van der Waals surface area (Å²) < 4.78 is 5.73. The van der Waals surface area contributed by atoms with Gasteiger partial charge in [0.15, 0.2) is 5.75 Å². The van der Waals surface area contributed by atoms with E-state index >= 15 is 0 Å². The molecule has 135 valence electrons. The fourth-order valence-corrected chi connectivity index (χ4v) is 2.65. The van der Waals surface area contributed by atoms with Crippen LogP contribution in [0.25, 0.3) is 11.1 Å². The number of amidine groups is 2. The Morgan fingerprint density at radius 2 is 1.33 bits per heavy atom. The second-order valence-electron chi connectivity index (χ2n) is 6.08. The van der Waals surface area contributed by atoms with Gasteiger partial charge in [0, 0.05) is 11.1 Å². The molecule has 0 saturated heterocycles. The van der Waals surface area contributed by atoms with E-state index in [4.69, 9.17) is 27.0 Å². The zero-order valence-electron chi connectivity index (χ0n) is 14.5. The van der Waals surface area contributed by atoms with Gasteiger partial charge < -0.3 is 16.2 Å². The average molecular weight is 359 g/mol. The highest BCUT2D eigenvalue weighted by Crippen LogP contribution is 2.27. The molecule has 27 heavy (non-hydrogen) atoms.